The number of hydrogen-bond acceptors (Lipinski definition) is 5. The predicted molar refractivity (Wildman–Crippen MR) is 44.5 cm³/mol. The van der Waals surface area contributed by atoms with Gasteiger partial charge in [0.25, 0.3) is 0 Å². The number of hydrogen-bond donors (Lipinski definition) is 0. The Morgan fingerprint density at radius 1 is 1.46 bits per heavy atom. The SMILES string of the molecule is CS(=O)(=O)OC(=O)c1ccccn1. The molecule has 0 N–H and O–H groups in total. The van der Waals surface area contributed by atoms with E-state index in [1.165, 1.54) is 12.3 Å². The summed E-state index contributed by atoms with van der Waals surface area (Å²) in [6.45, 7) is 0. The van der Waals surface area contributed by atoms with Crippen LogP contribution in [-0.4, -0.2) is 25.6 Å². The standard InChI is InChI=1S/C7H7NO4S/c1-13(10,11)12-7(9)6-4-2-3-5-8-6/h2-5H,1H3. The summed E-state index contributed by atoms with van der Waals surface area (Å²) in [6, 6.07) is 4.54. The second kappa shape index (κ2) is 3.53. The Morgan fingerprint density at radius 2 is 2.15 bits per heavy atom. The van der Waals surface area contributed by atoms with Crippen LogP contribution in [0.3, 0.4) is 0 Å². The first kappa shape index (κ1) is 9.66. The van der Waals surface area contributed by atoms with Gasteiger partial charge in [-0.25, -0.2) is 9.78 Å². The van der Waals surface area contributed by atoms with Crippen molar-refractivity contribution in [3.05, 3.63) is 30.1 Å². The lowest BCUT2D eigenvalue weighted by Crippen LogP contribution is -2.12. The van der Waals surface area contributed by atoms with Crippen molar-refractivity contribution >= 4 is 16.1 Å². The molecule has 1 rings (SSSR count). The van der Waals surface area contributed by atoms with Gasteiger partial charge in [0.15, 0.2) is 0 Å². The van der Waals surface area contributed by atoms with E-state index in [1.807, 2.05) is 0 Å². The summed E-state index contributed by atoms with van der Waals surface area (Å²) >= 11 is 0. The lowest BCUT2D eigenvalue weighted by atomic mass is 10.4. The molecule has 1 heterocycles. The minimum absolute atomic E-state index is 0.0343. The molecule has 0 saturated carbocycles. The molecule has 0 aliphatic rings. The molecule has 0 aromatic carbocycles. The van der Waals surface area contributed by atoms with Gasteiger partial charge >= 0.3 is 16.1 Å². The minimum Gasteiger partial charge on any atom is -0.340 e. The summed E-state index contributed by atoms with van der Waals surface area (Å²) in [7, 11) is -3.76. The third-order valence-corrected chi connectivity index (χ3v) is 1.56. The third-order valence-electron chi connectivity index (χ3n) is 1.10. The van der Waals surface area contributed by atoms with E-state index in [0.717, 1.165) is 6.26 Å². The Hall–Kier alpha value is -1.43. The maximum atomic E-state index is 11.0. The molecule has 0 saturated heterocycles. The molecule has 0 aliphatic heterocycles. The van der Waals surface area contributed by atoms with Crippen molar-refractivity contribution in [3.8, 4) is 0 Å². The molecule has 70 valence electrons. The van der Waals surface area contributed by atoms with Crippen molar-refractivity contribution in [2.45, 2.75) is 0 Å². The molecule has 0 bridgehead atoms. The first-order valence-electron chi connectivity index (χ1n) is 3.34. The Balaban J connectivity index is 2.82. The van der Waals surface area contributed by atoms with Crippen LogP contribution < -0.4 is 0 Å². The van der Waals surface area contributed by atoms with Crippen molar-refractivity contribution in [1.29, 1.82) is 0 Å². The van der Waals surface area contributed by atoms with Gasteiger partial charge in [0, 0.05) is 6.20 Å². The van der Waals surface area contributed by atoms with Crippen LogP contribution >= 0.6 is 0 Å². The largest absolute Gasteiger partial charge is 0.372 e. The van der Waals surface area contributed by atoms with E-state index in [-0.39, 0.29) is 5.69 Å². The second-order valence-electron chi connectivity index (χ2n) is 2.29. The minimum atomic E-state index is -3.76. The van der Waals surface area contributed by atoms with Crippen LogP contribution in [0.2, 0.25) is 0 Å². The van der Waals surface area contributed by atoms with Crippen molar-refractivity contribution in [2.75, 3.05) is 6.26 Å². The quantitative estimate of drug-likeness (QED) is 0.639. The fourth-order valence-corrected chi connectivity index (χ4v) is 1.02. The van der Waals surface area contributed by atoms with Gasteiger partial charge in [0.2, 0.25) is 0 Å². The molecule has 0 fully saturated rings. The molecule has 0 aliphatic carbocycles. The second-order valence-corrected chi connectivity index (χ2v) is 3.86. The molecule has 0 atom stereocenters. The number of nitrogens with zero attached hydrogens (tertiary/aromatic N) is 1. The zero-order valence-electron chi connectivity index (χ0n) is 6.80. The number of carbonyl (C=O) groups is 1. The maximum Gasteiger partial charge on any atom is 0.372 e. The van der Waals surface area contributed by atoms with E-state index >= 15 is 0 Å². The highest BCUT2D eigenvalue weighted by Gasteiger charge is 2.13. The van der Waals surface area contributed by atoms with Crippen LogP contribution in [-0.2, 0) is 14.3 Å². The normalized spacial score (nSPS) is 10.8. The van der Waals surface area contributed by atoms with E-state index in [1.54, 1.807) is 12.1 Å². The van der Waals surface area contributed by atoms with Crippen molar-refractivity contribution < 1.29 is 17.4 Å². The number of aromatic nitrogens is 1. The fraction of sp³-hybridized carbons (Fsp3) is 0.143. The van der Waals surface area contributed by atoms with Crippen LogP contribution in [0.25, 0.3) is 0 Å². The number of rotatable bonds is 2. The number of pyridine rings is 1. The Bertz CT molecular complexity index is 398. The van der Waals surface area contributed by atoms with Crippen LogP contribution in [0.5, 0.6) is 0 Å². The molecule has 1 aromatic heterocycles. The summed E-state index contributed by atoms with van der Waals surface area (Å²) in [5.74, 6) is -0.969. The zero-order chi connectivity index (χ0) is 9.90. The van der Waals surface area contributed by atoms with E-state index in [9.17, 15) is 13.2 Å². The van der Waals surface area contributed by atoms with Crippen molar-refractivity contribution in [3.63, 3.8) is 0 Å². The van der Waals surface area contributed by atoms with E-state index in [0.29, 0.717) is 0 Å². The predicted octanol–water partition coefficient (Wildman–Crippen LogP) is 0.198. The topological polar surface area (TPSA) is 73.3 Å². The van der Waals surface area contributed by atoms with Crippen LogP contribution in [0, 0.1) is 0 Å². The molecule has 6 heteroatoms. The number of carbonyl (C=O) groups excluding carboxylic acids is 1. The van der Waals surface area contributed by atoms with Crippen LogP contribution in [0.1, 0.15) is 10.5 Å². The van der Waals surface area contributed by atoms with Crippen LogP contribution in [0.4, 0.5) is 0 Å². The summed E-state index contributed by atoms with van der Waals surface area (Å²) in [4.78, 5) is 14.6. The maximum absolute atomic E-state index is 11.0. The zero-order valence-corrected chi connectivity index (χ0v) is 7.61. The monoisotopic (exact) mass is 201 g/mol. The van der Waals surface area contributed by atoms with Gasteiger partial charge in [0.1, 0.15) is 5.69 Å². The van der Waals surface area contributed by atoms with Gasteiger partial charge in [-0.15, -0.1) is 0 Å². The average molecular weight is 201 g/mol. The van der Waals surface area contributed by atoms with Gasteiger partial charge in [-0.2, -0.15) is 8.42 Å². The molecule has 1 aromatic rings. The Labute approximate surface area is 75.5 Å². The average Bonchev–Trinajstić information content (AvgIpc) is 2.03. The third kappa shape index (κ3) is 3.20. The van der Waals surface area contributed by atoms with Crippen molar-refractivity contribution in [1.82, 2.24) is 4.98 Å². The molecule has 0 radical (unpaired) electrons. The smallest absolute Gasteiger partial charge is 0.340 e. The van der Waals surface area contributed by atoms with Gasteiger partial charge in [-0.05, 0) is 12.1 Å². The summed E-state index contributed by atoms with van der Waals surface area (Å²) in [5.41, 5.74) is -0.0343. The molecule has 0 amide bonds. The highest BCUT2D eigenvalue weighted by Crippen LogP contribution is 1.99. The molecule has 0 unspecified atom stereocenters. The van der Waals surface area contributed by atoms with E-state index < -0.39 is 16.1 Å². The highest BCUT2D eigenvalue weighted by molar-refractivity contribution is 7.86. The molecular formula is C7H7NO4S. The Morgan fingerprint density at radius 3 is 2.62 bits per heavy atom. The Kier molecular flexibility index (Phi) is 2.62. The van der Waals surface area contributed by atoms with Gasteiger partial charge in [-0.1, -0.05) is 6.07 Å². The molecule has 13 heavy (non-hydrogen) atoms. The molecule has 0 spiro atoms. The van der Waals surface area contributed by atoms with Gasteiger partial charge < -0.3 is 4.18 Å². The lowest BCUT2D eigenvalue weighted by Gasteiger charge is -1.98. The first-order chi connectivity index (χ1) is 5.99. The highest BCUT2D eigenvalue weighted by atomic mass is 32.2. The summed E-state index contributed by atoms with van der Waals surface area (Å²) in [6.07, 6.45) is 2.17. The van der Waals surface area contributed by atoms with Gasteiger partial charge in [0.05, 0.1) is 6.26 Å². The summed E-state index contributed by atoms with van der Waals surface area (Å²) < 4.78 is 25.2. The fourth-order valence-electron chi connectivity index (χ4n) is 0.664. The molecule has 5 nitrogen and oxygen atoms in total. The van der Waals surface area contributed by atoms with Crippen molar-refractivity contribution in [2.24, 2.45) is 0 Å². The van der Waals surface area contributed by atoms with E-state index in [2.05, 4.69) is 9.17 Å². The first-order valence-corrected chi connectivity index (χ1v) is 5.15. The summed E-state index contributed by atoms with van der Waals surface area (Å²) in [5, 5.41) is 0. The molecular weight excluding hydrogens is 194 g/mol. The van der Waals surface area contributed by atoms with Crippen LogP contribution in [0.15, 0.2) is 24.4 Å². The van der Waals surface area contributed by atoms with Gasteiger partial charge in [-0.3, -0.25) is 0 Å². The van der Waals surface area contributed by atoms with E-state index in [4.69, 9.17) is 0 Å². The lowest BCUT2D eigenvalue weighted by molar-refractivity contribution is 0.0742.